The van der Waals surface area contributed by atoms with Gasteiger partial charge in [-0.25, -0.2) is 9.59 Å². The SMILES string of the molecule is CC(C)(C)OC[C@H](NC(=O)OCc1ccccc1)C(=O)N1C(c2ccccc2)SC[C@H]1C(=O)N[C@@H](Cc1ccccc1)C(O)C(=O)O. The van der Waals surface area contributed by atoms with Gasteiger partial charge in [0.1, 0.15) is 24.1 Å². The second kappa shape index (κ2) is 16.4. The summed E-state index contributed by atoms with van der Waals surface area (Å²) in [5.74, 6) is -2.51. The van der Waals surface area contributed by atoms with Crippen LogP contribution in [0.3, 0.4) is 0 Å². The Bertz CT molecular complexity index is 1490. The lowest BCUT2D eigenvalue weighted by molar-refractivity contribution is -0.150. The lowest BCUT2D eigenvalue weighted by Gasteiger charge is -2.34. The van der Waals surface area contributed by atoms with Crippen molar-refractivity contribution in [1.29, 1.82) is 0 Å². The van der Waals surface area contributed by atoms with E-state index in [4.69, 9.17) is 9.47 Å². The average molecular weight is 664 g/mol. The van der Waals surface area contributed by atoms with E-state index >= 15 is 0 Å². The molecule has 0 aliphatic carbocycles. The summed E-state index contributed by atoms with van der Waals surface area (Å²) in [6, 6.07) is 23.7. The molecule has 0 aromatic heterocycles. The number of hydrogen-bond acceptors (Lipinski definition) is 8. The van der Waals surface area contributed by atoms with Crippen LogP contribution in [0.1, 0.15) is 42.8 Å². The number of rotatable bonds is 13. The van der Waals surface area contributed by atoms with Gasteiger partial charge in [0.25, 0.3) is 0 Å². The average Bonchev–Trinajstić information content (AvgIpc) is 3.51. The Kier molecular flexibility index (Phi) is 12.4. The molecular formula is C35H41N3O8S. The molecule has 3 aromatic rings. The van der Waals surface area contributed by atoms with E-state index in [0.29, 0.717) is 5.56 Å². The molecule has 1 heterocycles. The highest BCUT2D eigenvalue weighted by Gasteiger charge is 2.46. The summed E-state index contributed by atoms with van der Waals surface area (Å²) in [5, 5.41) is 24.9. The Labute approximate surface area is 278 Å². The van der Waals surface area contributed by atoms with Crippen molar-refractivity contribution in [1.82, 2.24) is 15.5 Å². The number of benzene rings is 3. The monoisotopic (exact) mass is 663 g/mol. The van der Waals surface area contributed by atoms with Gasteiger partial charge in [-0.1, -0.05) is 91.0 Å². The predicted octanol–water partition coefficient (Wildman–Crippen LogP) is 3.91. The summed E-state index contributed by atoms with van der Waals surface area (Å²) < 4.78 is 11.3. The second-order valence-corrected chi connectivity index (χ2v) is 13.2. The van der Waals surface area contributed by atoms with Crippen LogP contribution in [-0.2, 0) is 36.9 Å². The molecule has 2 unspecified atom stereocenters. The molecule has 11 nitrogen and oxygen atoms in total. The molecule has 1 saturated heterocycles. The maximum atomic E-state index is 14.4. The summed E-state index contributed by atoms with van der Waals surface area (Å²) in [5.41, 5.74) is 1.59. The molecule has 1 aliphatic heterocycles. The van der Waals surface area contributed by atoms with Crippen molar-refractivity contribution in [3.8, 4) is 0 Å². The van der Waals surface area contributed by atoms with Gasteiger partial charge in [-0.3, -0.25) is 9.59 Å². The number of aliphatic carboxylic acids is 1. The molecular weight excluding hydrogens is 622 g/mol. The van der Waals surface area contributed by atoms with Crippen molar-refractivity contribution < 1.29 is 38.9 Å². The molecule has 1 aliphatic rings. The molecule has 3 aromatic carbocycles. The van der Waals surface area contributed by atoms with E-state index in [2.05, 4.69) is 10.6 Å². The Morgan fingerprint density at radius 3 is 2.04 bits per heavy atom. The van der Waals surface area contributed by atoms with Crippen molar-refractivity contribution in [3.05, 3.63) is 108 Å². The number of nitrogens with one attached hydrogen (secondary N) is 2. The van der Waals surface area contributed by atoms with E-state index in [1.807, 2.05) is 69.3 Å². The van der Waals surface area contributed by atoms with Gasteiger partial charge in [0, 0.05) is 5.75 Å². The number of aliphatic hydroxyl groups is 1. The fraction of sp³-hybridized carbons (Fsp3) is 0.371. The number of amides is 3. The third-order valence-corrected chi connectivity index (χ3v) is 8.71. The first-order chi connectivity index (χ1) is 22.4. The molecule has 4 N–H and O–H groups in total. The number of thioether (sulfide) groups is 1. The van der Waals surface area contributed by atoms with Gasteiger partial charge < -0.3 is 35.2 Å². The lowest BCUT2D eigenvalue weighted by Crippen LogP contribution is -2.58. The minimum Gasteiger partial charge on any atom is -0.479 e. The Morgan fingerprint density at radius 1 is 0.894 bits per heavy atom. The van der Waals surface area contributed by atoms with Gasteiger partial charge >= 0.3 is 12.1 Å². The topological polar surface area (TPSA) is 154 Å². The van der Waals surface area contributed by atoms with E-state index in [9.17, 15) is 29.4 Å². The van der Waals surface area contributed by atoms with Crippen molar-refractivity contribution in [3.63, 3.8) is 0 Å². The van der Waals surface area contributed by atoms with E-state index in [0.717, 1.165) is 11.1 Å². The van der Waals surface area contributed by atoms with E-state index < -0.39 is 59.1 Å². The van der Waals surface area contributed by atoms with Gasteiger partial charge in [0.2, 0.25) is 11.8 Å². The molecule has 12 heteroatoms. The van der Waals surface area contributed by atoms with Crippen molar-refractivity contribution in [2.24, 2.45) is 0 Å². The standard InChI is InChI=1S/C35H41N3O8S/c1-35(2,3)46-21-27(37-34(44)45-20-24-15-9-5-10-16-24)31(41)38-28(22-47-32(38)25-17-11-6-12-18-25)30(40)36-26(29(39)33(42)43)19-23-13-7-4-8-14-23/h4-18,26-29,32,39H,19-22H2,1-3H3,(H,36,40)(H,37,44)(H,42,43)/t26-,27-,28-,29?,32?/m0/s1. The smallest absolute Gasteiger partial charge is 0.408 e. The second-order valence-electron chi connectivity index (χ2n) is 12.1. The molecule has 4 rings (SSSR count). The number of nitrogens with zero attached hydrogens (tertiary/aromatic N) is 1. The molecule has 250 valence electrons. The zero-order valence-electron chi connectivity index (χ0n) is 26.6. The number of carbonyl (C=O) groups excluding carboxylic acids is 3. The maximum Gasteiger partial charge on any atom is 0.408 e. The number of ether oxygens (including phenoxy) is 2. The summed E-state index contributed by atoms with van der Waals surface area (Å²) in [4.78, 5) is 54.5. The zero-order chi connectivity index (χ0) is 34.0. The Balaban J connectivity index is 1.61. The third-order valence-electron chi connectivity index (χ3n) is 7.39. The summed E-state index contributed by atoms with van der Waals surface area (Å²) >= 11 is 1.36. The Morgan fingerprint density at radius 2 is 1.47 bits per heavy atom. The quantitative estimate of drug-likeness (QED) is 0.213. The molecule has 3 amide bonds. The minimum absolute atomic E-state index is 0.0142. The van der Waals surface area contributed by atoms with Gasteiger partial charge in [-0.15, -0.1) is 11.8 Å². The van der Waals surface area contributed by atoms with Gasteiger partial charge in [-0.05, 0) is 43.9 Å². The molecule has 47 heavy (non-hydrogen) atoms. The van der Waals surface area contributed by atoms with E-state index in [1.165, 1.54) is 16.7 Å². The van der Waals surface area contributed by atoms with Crippen LogP contribution in [0.5, 0.6) is 0 Å². The number of hydrogen-bond donors (Lipinski definition) is 4. The normalized spacial score (nSPS) is 18.1. The third kappa shape index (κ3) is 10.3. The van der Waals surface area contributed by atoms with Crippen molar-refractivity contribution in [2.45, 2.75) is 69.0 Å². The van der Waals surface area contributed by atoms with Crippen molar-refractivity contribution in [2.75, 3.05) is 12.4 Å². The summed E-state index contributed by atoms with van der Waals surface area (Å²) in [7, 11) is 0. The highest BCUT2D eigenvalue weighted by molar-refractivity contribution is 7.99. The van der Waals surface area contributed by atoms with Crippen LogP contribution in [-0.4, -0.2) is 81.2 Å². The van der Waals surface area contributed by atoms with Crippen LogP contribution in [0.25, 0.3) is 0 Å². The van der Waals surface area contributed by atoms with Crippen LogP contribution in [0, 0.1) is 0 Å². The molecule has 0 bridgehead atoms. The lowest BCUT2D eigenvalue weighted by atomic mass is 10.0. The van der Waals surface area contributed by atoms with Crippen LogP contribution in [0.15, 0.2) is 91.0 Å². The molecule has 1 fully saturated rings. The fourth-order valence-electron chi connectivity index (χ4n) is 5.01. The minimum atomic E-state index is -1.89. The van der Waals surface area contributed by atoms with Gasteiger partial charge in [0.05, 0.1) is 18.2 Å². The first kappa shape index (κ1) is 35.5. The van der Waals surface area contributed by atoms with Gasteiger partial charge in [-0.2, -0.15) is 0 Å². The first-order valence-corrected chi connectivity index (χ1v) is 16.3. The van der Waals surface area contributed by atoms with Crippen LogP contribution in [0.4, 0.5) is 4.79 Å². The van der Waals surface area contributed by atoms with Crippen LogP contribution in [0.2, 0.25) is 0 Å². The number of carboxylic acid groups (broad SMARTS) is 1. The number of carboxylic acids is 1. The van der Waals surface area contributed by atoms with E-state index in [-0.39, 0.29) is 25.4 Å². The highest BCUT2D eigenvalue weighted by atomic mass is 32.2. The fourth-order valence-corrected chi connectivity index (χ4v) is 6.45. The molecule has 0 radical (unpaired) electrons. The number of carbonyl (C=O) groups is 4. The molecule has 0 saturated carbocycles. The molecule has 5 atom stereocenters. The predicted molar refractivity (Wildman–Crippen MR) is 177 cm³/mol. The largest absolute Gasteiger partial charge is 0.479 e. The Hall–Kier alpha value is -4.39. The van der Waals surface area contributed by atoms with E-state index in [1.54, 1.807) is 42.5 Å². The molecule has 0 spiro atoms. The van der Waals surface area contributed by atoms with Crippen LogP contribution < -0.4 is 10.6 Å². The maximum absolute atomic E-state index is 14.4. The summed E-state index contributed by atoms with van der Waals surface area (Å²) in [6.45, 7) is 5.24. The highest BCUT2D eigenvalue weighted by Crippen LogP contribution is 2.42. The van der Waals surface area contributed by atoms with Crippen LogP contribution >= 0.6 is 11.8 Å². The first-order valence-electron chi connectivity index (χ1n) is 15.3. The number of alkyl carbamates (subject to hydrolysis) is 1. The zero-order valence-corrected chi connectivity index (χ0v) is 27.4. The number of aliphatic hydroxyl groups excluding tert-OH is 1. The van der Waals surface area contributed by atoms with Crippen molar-refractivity contribution >= 4 is 35.6 Å². The van der Waals surface area contributed by atoms with Gasteiger partial charge in [0.15, 0.2) is 6.10 Å². The summed E-state index contributed by atoms with van der Waals surface area (Å²) in [6.07, 6.45) is -2.68.